The topological polar surface area (TPSA) is 69.6 Å². The average molecular weight is 313 g/mol. The van der Waals surface area contributed by atoms with Crippen LogP contribution in [0.15, 0.2) is 18.5 Å². The van der Waals surface area contributed by atoms with Crippen molar-refractivity contribution in [2.75, 3.05) is 40.3 Å². The molecule has 0 amide bonds. The molecule has 21 heavy (non-hydrogen) atoms. The Hall–Kier alpha value is -1.09. The maximum atomic E-state index is 12.2. The van der Waals surface area contributed by atoms with Crippen molar-refractivity contribution in [3.05, 3.63) is 24.3 Å². The molecule has 0 aromatic carbocycles. The molecule has 0 aliphatic carbocycles. The smallest absolute Gasteiger partial charge is 0.281 e. The van der Waals surface area contributed by atoms with Crippen molar-refractivity contribution < 1.29 is 8.42 Å². The molecule has 1 saturated heterocycles. The minimum absolute atomic E-state index is 0.0909. The predicted octanol–water partition coefficient (Wildman–Crippen LogP) is 0.352. The SMILES string of the molecule is CC(c1ncccn1)N1CCCN(S(=O)(=O)N(C)C)CC1. The molecule has 7 nitrogen and oxygen atoms in total. The van der Waals surface area contributed by atoms with Gasteiger partial charge >= 0.3 is 0 Å². The summed E-state index contributed by atoms with van der Waals surface area (Å²) in [6.45, 7) is 4.65. The molecule has 118 valence electrons. The summed E-state index contributed by atoms with van der Waals surface area (Å²) in [5.74, 6) is 0.779. The Bertz CT molecular complexity index is 549. The lowest BCUT2D eigenvalue weighted by Crippen LogP contribution is -2.42. The van der Waals surface area contributed by atoms with Gasteiger partial charge in [0.15, 0.2) is 0 Å². The van der Waals surface area contributed by atoms with Crippen LogP contribution < -0.4 is 0 Å². The Morgan fingerprint density at radius 1 is 1.14 bits per heavy atom. The fraction of sp³-hybridized carbons (Fsp3) is 0.692. The van der Waals surface area contributed by atoms with Crippen molar-refractivity contribution in [1.29, 1.82) is 0 Å². The van der Waals surface area contributed by atoms with Gasteiger partial charge in [-0.05, 0) is 19.4 Å². The van der Waals surface area contributed by atoms with Gasteiger partial charge in [-0.25, -0.2) is 9.97 Å². The van der Waals surface area contributed by atoms with E-state index in [0.717, 1.165) is 18.8 Å². The van der Waals surface area contributed by atoms with E-state index in [1.165, 1.54) is 4.31 Å². The minimum atomic E-state index is -3.33. The summed E-state index contributed by atoms with van der Waals surface area (Å²) < 4.78 is 27.2. The van der Waals surface area contributed by atoms with Crippen molar-refractivity contribution in [2.24, 2.45) is 0 Å². The number of hydrogen-bond donors (Lipinski definition) is 0. The second-order valence-electron chi connectivity index (χ2n) is 5.36. The molecule has 0 spiro atoms. The van der Waals surface area contributed by atoms with E-state index >= 15 is 0 Å². The lowest BCUT2D eigenvalue weighted by Gasteiger charge is -2.27. The molecule has 1 aromatic heterocycles. The van der Waals surface area contributed by atoms with E-state index in [-0.39, 0.29) is 6.04 Å². The molecule has 0 bridgehead atoms. The number of hydrogen-bond acceptors (Lipinski definition) is 5. The first-order valence-electron chi connectivity index (χ1n) is 7.11. The van der Waals surface area contributed by atoms with Gasteiger partial charge in [0.05, 0.1) is 6.04 Å². The van der Waals surface area contributed by atoms with Gasteiger partial charge in [0.2, 0.25) is 0 Å². The van der Waals surface area contributed by atoms with Gasteiger partial charge in [-0.3, -0.25) is 4.90 Å². The van der Waals surface area contributed by atoms with E-state index in [2.05, 4.69) is 21.8 Å². The third kappa shape index (κ3) is 3.76. The number of nitrogens with zero attached hydrogens (tertiary/aromatic N) is 5. The van der Waals surface area contributed by atoms with E-state index in [1.54, 1.807) is 36.9 Å². The number of rotatable bonds is 4. The van der Waals surface area contributed by atoms with Crippen molar-refractivity contribution >= 4 is 10.2 Å². The highest BCUT2D eigenvalue weighted by atomic mass is 32.2. The Labute approximate surface area is 126 Å². The first kappa shape index (κ1) is 16.3. The van der Waals surface area contributed by atoms with Crippen LogP contribution in [-0.4, -0.2) is 72.2 Å². The molecule has 1 fully saturated rings. The van der Waals surface area contributed by atoms with Crippen LogP contribution in [0.3, 0.4) is 0 Å². The standard InChI is InChI=1S/C13H23N5O2S/c1-12(13-14-6-4-7-15-13)17-8-5-9-18(11-10-17)21(19,20)16(2)3/h4,6-7,12H,5,8-11H2,1-3H3. The van der Waals surface area contributed by atoms with Gasteiger partial charge in [0.1, 0.15) is 5.82 Å². The van der Waals surface area contributed by atoms with Gasteiger partial charge in [-0.1, -0.05) is 0 Å². The van der Waals surface area contributed by atoms with Crippen LogP contribution in [0.5, 0.6) is 0 Å². The van der Waals surface area contributed by atoms with Crippen molar-refractivity contribution in [3.63, 3.8) is 0 Å². The number of aromatic nitrogens is 2. The first-order valence-corrected chi connectivity index (χ1v) is 8.51. The Balaban J connectivity index is 2.04. The Morgan fingerprint density at radius 3 is 2.43 bits per heavy atom. The van der Waals surface area contributed by atoms with Gasteiger partial charge in [0.25, 0.3) is 10.2 Å². The molecule has 2 rings (SSSR count). The molecular formula is C13H23N5O2S. The third-order valence-corrected chi connectivity index (χ3v) is 5.72. The molecule has 1 aliphatic heterocycles. The van der Waals surface area contributed by atoms with Crippen molar-refractivity contribution in [1.82, 2.24) is 23.5 Å². The summed E-state index contributed by atoms with van der Waals surface area (Å²) in [6.07, 6.45) is 4.28. The van der Waals surface area contributed by atoms with E-state index in [1.807, 2.05) is 0 Å². The molecule has 0 radical (unpaired) electrons. The van der Waals surface area contributed by atoms with Crippen LogP contribution in [-0.2, 0) is 10.2 Å². The van der Waals surface area contributed by atoms with Gasteiger partial charge in [0, 0.05) is 52.7 Å². The van der Waals surface area contributed by atoms with Crippen LogP contribution in [0.25, 0.3) is 0 Å². The molecule has 1 aromatic rings. The molecule has 0 N–H and O–H groups in total. The minimum Gasteiger partial charge on any atom is -0.292 e. The molecule has 1 aliphatic rings. The summed E-state index contributed by atoms with van der Waals surface area (Å²) in [4.78, 5) is 10.8. The van der Waals surface area contributed by atoms with Crippen LogP contribution in [0.4, 0.5) is 0 Å². The monoisotopic (exact) mass is 313 g/mol. The van der Waals surface area contributed by atoms with Gasteiger partial charge in [-0.15, -0.1) is 0 Å². The zero-order valence-electron chi connectivity index (χ0n) is 12.8. The highest BCUT2D eigenvalue weighted by Gasteiger charge is 2.28. The predicted molar refractivity (Wildman–Crippen MR) is 80.8 cm³/mol. The maximum Gasteiger partial charge on any atom is 0.281 e. The zero-order valence-corrected chi connectivity index (χ0v) is 13.6. The lowest BCUT2D eigenvalue weighted by molar-refractivity contribution is 0.213. The van der Waals surface area contributed by atoms with Crippen LogP contribution >= 0.6 is 0 Å². The quantitative estimate of drug-likeness (QED) is 0.802. The summed E-state index contributed by atoms with van der Waals surface area (Å²) in [5.41, 5.74) is 0. The second-order valence-corrected chi connectivity index (χ2v) is 7.50. The molecule has 1 atom stereocenters. The highest BCUT2D eigenvalue weighted by Crippen LogP contribution is 2.19. The lowest BCUT2D eigenvalue weighted by atomic mass is 10.2. The van der Waals surface area contributed by atoms with E-state index in [0.29, 0.717) is 19.6 Å². The summed E-state index contributed by atoms with van der Waals surface area (Å²) in [7, 11) is -0.193. The molecule has 1 unspecified atom stereocenters. The van der Waals surface area contributed by atoms with Crippen LogP contribution in [0, 0.1) is 0 Å². The fourth-order valence-electron chi connectivity index (χ4n) is 2.45. The van der Waals surface area contributed by atoms with E-state index < -0.39 is 10.2 Å². The van der Waals surface area contributed by atoms with E-state index in [4.69, 9.17) is 0 Å². The summed E-state index contributed by atoms with van der Waals surface area (Å²) in [5, 5.41) is 0. The van der Waals surface area contributed by atoms with Gasteiger partial charge < -0.3 is 0 Å². The third-order valence-electron chi connectivity index (χ3n) is 3.78. The summed E-state index contributed by atoms with van der Waals surface area (Å²) >= 11 is 0. The maximum absolute atomic E-state index is 12.2. The molecular weight excluding hydrogens is 290 g/mol. The van der Waals surface area contributed by atoms with Crippen molar-refractivity contribution in [3.8, 4) is 0 Å². The van der Waals surface area contributed by atoms with Crippen LogP contribution in [0.2, 0.25) is 0 Å². The Kier molecular flexibility index (Phi) is 5.26. The fourth-order valence-corrected chi connectivity index (χ4v) is 3.59. The molecule has 8 heteroatoms. The second kappa shape index (κ2) is 6.78. The van der Waals surface area contributed by atoms with Gasteiger partial charge in [-0.2, -0.15) is 17.0 Å². The summed E-state index contributed by atoms with van der Waals surface area (Å²) in [6, 6.07) is 1.89. The first-order chi connectivity index (χ1) is 9.93. The largest absolute Gasteiger partial charge is 0.292 e. The van der Waals surface area contributed by atoms with Crippen LogP contribution in [0.1, 0.15) is 25.2 Å². The average Bonchev–Trinajstić information content (AvgIpc) is 2.73. The van der Waals surface area contributed by atoms with Crippen molar-refractivity contribution in [2.45, 2.75) is 19.4 Å². The molecule has 0 saturated carbocycles. The highest BCUT2D eigenvalue weighted by molar-refractivity contribution is 7.86. The zero-order chi connectivity index (χ0) is 15.5. The Morgan fingerprint density at radius 2 is 1.81 bits per heavy atom. The normalized spacial score (nSPS) is 20.4. The van der Waals surface area contributed by atoms with E-state index in [9.17, 15) is 8.42 Å². The molecule has 2 heterocycles.